The van der Waals surface area contributed by atoms with Crippen molar-refractivity contribution in [2.45, 2.75) is 6.42 Å². The Morgan fingerprint density at radius 1 is 1.44 bits per heavy atom. The molecule has 0 aliphatic rings. The summed E-state index contributed by atoms with van der Waals surface area (Å²) in [7, 11) is 1.65. The lowest BCUT2D eigenvalue weighted by atomic mass is 10.1. The molecule has 4 heteroatoms. The number of benzene rings is 1. The Labute approximate surface area is 108 Å². The molecule has 0 aliphatic heterocycles. The largest absolute Gasteiger partial charge is 0.496 e. The van der Waals surface area contributed by atoms with E-state index in [1.807, 2.05) is 24.3 Å². The predicted octanol–water partition coefficient (Wildman–Crippen LogP) is 1.13. The second-order valence-electron chi connectivity index (χ2n) is 3.83. The van der Waals surface area contributed by atoms with Crippen molar-refractivity contribution in [1.29, 1.82) is 0 Å². The number of nitrogens with one attached hydrogen (secondary N) is 2. The van der Waals surface area contributed by atoms with Crippen LogP contribution in [0.25, 0.3) is 0 Å². The van der Waals surface area contributed by atoms with Crippen molar-refractivity contribution in [3.05, 3.63) is 42.5 Å². The van der Waals surface area contributed by atoms with Crippen LogP contribution in [0.15, 0.2) is 36.9 Å². The predicted molar refractivity (Wildman–Crippen MR) is 72.8 cm³/mol. The average Bonchev–Trinajstić information content (AvgIpc) is 2.39. The number of carbonyl (C=O) groups excluding carboxylic acids is 1. The SMILES string of the molecule is C=CCNCC(=O)NCCc1ccccc1OC. The molecule has 1 amide bonds. The van der Waals surface area contributed by atoms with Gasteiger partial charge in [0, 0.05) is 13.1 Å². The van der Waals surface area contributed by atoms with Gasteiger partial charge in [-0.2, -0.15) is 0 Å². The third kappa shape index (κ3) is 5.01. The van der Waals surface area contributed by atoms with E-state index in [4.69, 9.17) is 4.74 Å². The van der Waals surface area contributed by atoms with Gasteiger partial charge in [0.15, 0.2) is 0 Å². The maximum absolute atomic E-state index is 11.4. The Hall–Kier alpha value is -1.81. The van der Waals surface area contributed by atoms with E-state index < -0.39 is 0 Å². The van der Waals surface area contributed by atoms with Gasteiger partial charge in [-0.25, -0.2) is 0 Å². The molecular formula is C14H20N2O2. The van der Waals surface area contributed by atoms with Gasteiger partial charge >= 0.3 is 0 Å². The van der Waals surface area contributed by atoms with Crippen LogP contribution < -0.4 is 15.4 Å². The van der Waals surface area contributed by atoms with Gasteiger partial charge in [-0.1, -0.05) is 24.3 Å². The number of para-hydroxylation sites is 1. The highest BCUT2D eigenvalue weighted by molar-refractivity contribution is 5.77. The molecule has 0 aliphatic carbocycles. The van der Waals surface area contributed by atoms with Crippen LogP contribution in [0.5, 0.6) is 5.75 Å². The monoisotopic (exact) mass is 248 g/mol. The van der Waals surface area contributed by atoms with E-state index in [0.717, 1.165) is 17.7 Å². The fourth-order valence-corrected chi connectivity index (χ4v) is 1.60. The van der Waals surface area contributed by atoms with Gasteiger partial charge in [0.2, 0.25) is 5.91 Å². The molecule has 1 aromatic carbocycles. The van der Waals surface area contributed by atoms with E-state index in [-0.39, 0.29) is 5.91 Å². The van der Waals surface area contributed by atoms with Gasteiger partial charge in [0.05, 0.1) is 13.7 Å². The maximum Gasteiger partial charge on any atom is 0.233 e. The third-order valence-corrected chi connectivity index (χ3v) is 2.48. The highest BCUT2D eigenvalue weighted by Crippen LogP contribution is 2.16. The number of hydrogen-bond acceptors (Lipinski definition) is 3. The van der Waals surface area contributed by atoms with E-state index in [9.17, 15) is 4.79 Å². The number of carbonyl (C=O) groups is 1. The van der Waals surface area contributed by atoms with E-state index >= 15 is 0 Å². The molecule has 0 radical (unpaired) electrons. The average molecular weight is 248 g/mol. The first-order chi connectivity index (χ1) is 8.77. The minimum atomic E-state index is -0.00764. The van der Waals surface area contributed by atoms with Gasteiger partial charge in [0.1, 0.15) is 5.75 Å². The molecule has 2 N–H and O–H groups in total. The van der Waals surface area contributed by atoms with E-state index in [1.165, 1.54) is 0 Å². The van der Waals surface area contributed by atoms with Crippen LogP contribution in [0.2, 0.25) is 0 Å². The lowest BCUT2D eigenvalue weighted by Crippen LogP contribution is -2.35. The molecule has 1 aromatic rings. The van der Waals surface area contributed by atoms with Gasteiger partial charge in [-0.3, -0.25) is 4.79 Å². The second-order valence-corrected chi connectivity index (χ2v) is 3.83. The van der Waals surface area contributed by atoms with Crippen molar-refractivity contribution in [3.8, 4) is 5.75 Å². The Balaban J connectivity index is 2.28. The van der Waals surface area contributed by atoms with Crippen LogP contribution >= 0.6 is 0 Å². The summed E-state index contributed by atoms with van der Waals surface area (Å²) in [6, 6.07) is 7.81. The minimum Gasteiger partial charge on any atom is -0.496 e. The van der Waals surface area contributed by atoms with E-state index in [1.54, 1.807) is 13.2 Å². The van der Waals surface area contributed by atoms with Crippen molar-refractivity contribution in [2.75, 3.05) is 26.7 Å². The molecule has 0 saturated heterocycles. The molecule has 0 saturated carbocycles. The molecule has 1 rings (SSSR count). The molecule has 0 spiro atoms. The van der Waals surface area contributed by atoms with Crippen molar-refractivity contribution in [2.24, 2.45) is 0 Å². The Bertz CT molecular complexity index is 391. The lowest BCUT2D eigenvalue weighted by molar-refractivity contribution is -0.120. The maximum atomic E-state index is 11.4. The molecule has 98 valence electrons. The molecule has 0 aromatic heterocycles. The topological polar surface area (TPSA) is 50.4 Å². The fraction of sp³-hybridized carbons (Fsp3) is 0.357. The zero-order valence-electron chi connectivity index (χ0n) is 10.7. The first-order valence-electron chi connectivity index (χ1n) is 5.98. The smallest absolute Gasteiger partial charge is 0.233 e. The van der Waals surface area contributed by atoms with Crippen molar-refractivity contribution in [3.63, 3.8) is 0 Å². The fourth-order valence-electron chi connectivity index (χ4n) is 1.60. The summed E-state index contributed by atoms with van der Waals surface area (Å²) in [4.78, 5) is 11.4. The van der Waals surface area contributed by atoms with Gasteiger partial charge in [-0.15, -0.1) is 6.58 Å². The number of methoxy groups -OCH3 is 1. The standard InChI is InChI=1S/C14H20N2O2/c1-3-9-15-11-14(17)16-10-8-12-6-4-5-7-13(12)18-2/h3-7,15H,1,8-11H2,2H3,(H,16,17). The van der Waals surface area contributed by atoms with Crippen LogP contribution in [0.1, 0.15) is 5.56 Å². The Morgan fingerprint density at radius 2 is 2.22 bits per heavy atom. The summed E-state index contributed by atoms with van der Waals surface area (Å²) in [5.41, 5.74) is 1.10. The Kier molecular flexibility index (Phi) is 6.58. The Morgan fingerprint density at radius 3 is 2.94 bits per heavy atom. The summed E-state index contributed by atoms with van der Waals surface area (Å²) in [6.45, 7) is 5.13. The molecule has 0 fully saturated rings. The number of hydrogen-bond donors (Lipinski definition) is 2. The van der Waals surface area contributed by atoms with Crippen molar-refractivity contribution >= 4 is 5.91 Å². The van der Waals surface area contributed by atoms with Gasteiger partial charge < -0.3 is 15.4 Å². The highest BCUT2D eigenvalue weighted by atomic mass is 16.5. The summed E-state index contributed by atoms with van der Waals surface area (Å²) >= 11 is 0. The summed E-state index contributed by atoms with van der Waals surface area (Å²) in [5.74, 6) is 0.850. The number of amides is 1. The number of rotatable bonds is 8. The third-order valence-electron chi connectivity index (χ3n) is 2.48. The van der Waals surface area contributed by atoms with Gasteiger partial charge in [0.25, 0.3) is 0 Å². The van der Waals surface area contributed by atoms with Crippen LogP contribution in [-0.4, -0.2) is 32.7 Å². The molecule has 0 heterocycles. The molecular weight excluding hydrogens is 228 g/mol. The summed E-state index contributed by atoms with van der Waals surface area (Å²) in [5, 5.41) is 5.80. The quantitative estimate of drug-likeness (QED) is 0.535. The molecule has 0 bridgehead atoms. The molecule has 0 atom stereocenters. The van der Waals surface area contributed by atoms with E-state index in [0.29, 0.717) is 19.6 Å². The highest BCUT2D eigenvalue weighted by Gasteiger charge is 2.03. The van der Waals surface area contributed by atoms with Crippen molar-refractivity contribution < 1.29 is 9.53 Å². The van der Waals surface area contributed by atoms with Crippen molar-refractivity contribution in [1.82, 2.24) is 10.6 Å². The van der Waals surface area contributed by atoms with E-state index in [2.05, 4.69) is 17.2 Å². The van der Waals surface area contributed by atoms with Gasteiger partial charge in [-0.05, 0) is 18.1 Å². The number of ether oxygens (including phenoxy) is 1. The first kappa shape index (κ1) is 14.3. The van der Waals surface area contributed by atoms with Crippen LogP contribution in [-0.2, 0) is 11.2 Å². The second kappa shape index (κ2) is 8.31. The lowest BCUT2D eigenvalue weighted by Gasteiger charge is -2.09. The summed E-state index contributed by atoms with van der Waals surface area (Å²) in [6.07, 6.45) is 2.49. The first-order valence-corrected chi connectivity index (χ1v) is 5.98. The summed E-state index contributed by atoms with van der Waals surface area (Å²) < 4.78 is 5.25. The molecule has 4 nitrogen and oxygen atoms in total. The zero-order valence-corrected chi connectivity index (χ0v) is 10.7. The molecule has 18 heavy (non-hydrogen) atoms. The van der Waals surface area contributed by atoms with Crippen LogP contribution in [0.3, 0.4) is 0 Å². The minimum absolute atomic E-state index is 0.00764. The van der Waals surface area contributed by atoms with Crippen LogP contribution in [0.4, 0.5) is 0 Å². The molecule has 0 unspecified atom stereocenters. The zero-order chi connectivity index (χ0) is 13.2. The normalized spacial score (nSPS) is 9.83. The van der Waals surface area contributed by atoms with Crippen LogP contribution in [0, 0.1) is 0 Å².